The molecule has 3 aromatic carbocycles. The van der Waals surface area contributed by atoms with E-state index in [2.05, 4.69) is 43.8 Å². The van der Waals surface area contributed by atoms with Crippen LogP contribution in [-0.4, -0.2) is 91.9 Å². The molecular formula is C44H49F3N8O4. The van der Waals surface area contributed by atoms with Crippen LogP contribution in [0.4, 0.5) is 18.0 Å². The monoisotopic (exact) mass is 810 g/mol. The molecule has 0 unspecified atom stereocenters. The molecule has 310 valence electrons. The van der Waals surface area contributed by atoms with E-state index in [1.54, 1.807) is 30.5 Å². The summed E-state index contributed by atoms with van der Waals surface area (Å²) in [6.45, 7) is 8.12. The molecule has 3 amide bonds. The number of alkyl halides is 3. The highest BCUT2D eigenvalue weighted by Gasteiger charge is 2.41. The quantitative estimate of drug-likeness (QED) is 0.115. The van der Waals surface area contributed by atoms with Crippen molar-refractivity contribution in [2.45, 2.75) is 76.8 Å². The van der Waals surface area contributed by atoms with Gasteiger partial charge >= 0.3 is 12.3 Å². The first kappa shape index (κ1) is 41.2. The number of hydrogen-bond acceptors (Lipinski definition) is 7. The molecule has 2 aliphatic rings. The van der Waals surface area contributed by atoms with E-state index in [1.165, 1.54) is 18.9 Å². The van der Waals surface area contributed by atoms with E-state index in [9.17, 15) is 27.6 Å². The van der Waals surface area contributed by atoms with Gasteiger partial charge in [0.2, 0.25) is 11.8 Å². The number of ether oxygens (including phenoxy) is 1. The molecule has 2 fully saturated rings. The van der Waals surface area contributed by atoms with Gasteiger partial charge in [-0.3, -0.25) is 14.5 Å². The highest BCUT2D eigenvalue weighted by atomic mass is 19.4. The fourth-order valence-electron chi connectivity index (χ4n) is 8.35. The lowest BCUT2D eigenvalue weighted by Gasteiger charge is -2.34. The van der Waals surface area contributed by atoms with Gasteiger partial charge in [-0.05, 0) is 68.0 Å². The van der Waals surface area contributed by atoms with Crippen LogP contribution in [-0.2, 0) is 20.5 Å². The van der Waals surface area contributed by atoms with Crippen molar-refractivity contribution in [1.29, 1.82) is 0 Å². The molecule has 7 rings (SSSR count). The van der Waals surface area contributed by atoms with E-state index in [1.807, 2.05) is 59.5 Å². The first-order valence-corrected chi connectivity index (χ1v) is 20.1. The van der Waals surface area contributed by atoms with Gasteiger partial charge in [0, 0.05) is 18.7 Å². The second-order valence-electron chi connectivity index (χ2n) is 15.0. The summed E-state index contributed by atoms with van der Waals surface area (Å²) in [5.74, 6) is 0.414. The first-order chi connectivity index (χ1) is 28.4. The van der Waals surface area contributed by atoms with Gasteiger partial charge in [0.25, 0.3) is 0 Å². The number of nitrogens with zero attached hydrogens (tertiary/aromatic N) is 5. The van der Waals surface area contributed by atoms with Gasteiger partial charge in [-0.15, -0.1) is 0 Å². The lowest BCUT2D eigenvalue weighted by molar-refractivity contribution is -0.140. The van der Waals surface area contributed by atoms with Crippen molar-refractivity contribution < 1.29 is 32.3 Å². The summed E-state index contributed by atoms with van der Waals surface area (Å²) < 4.78 is 47.7. The smallest absolute Gasteiger partial charge is 0.433 e. The Hall–Kier alpha value is -5.96. The zero-order valence-electron chi connectivity index (χ0n) is 33.6. The maximum atomic E-state index is 14.4. The summed E-state index contributed by atoms with van der Waals surface area (Å²) in [7, 11) is 1.18. The van der Waals surface area contributed by atoms with E-state index < -0.39 is 36.0 Å². The Balaban J connectivity index is 1.06. The van der Waals surface area contributed by atoms with Crippen LogP contribution in [0.5, 0.6) is 0 Å². The molecule has 59 heavy (non-hydrogen) atoms. The molecule has 0 aliphatic carbocycles. The zero-order valence-corrected chi connectivity index (χ0v) is 33.6. The summed E-state index contributed by atoms with van der Waals surface area (Å²) in [5.41, 5.74) is 3.39. The lowest BCUT2D eigenvalue weighted by atomic mass is 10.0. The molecule has 12 nitrogen and oxygen atoms in total. The minimum absolute atomic E-state index is 0.0355. The minimum atomic E-state index is -4.73. The number of rotatable bonds is 12. The number of carbonyl (C=O) groups is 3. The molecular weight excluding hydrogens is 762 g/mol. The molecule has 0 bridgehead atoms. The van der Waals surface area contributed by atoms with Crippen molar-refractivity contribution in [3.63, 3.8) is 0 Å². The minimum Gasteiger partial charge on any atom is -0.453 e. The Labute approximate surface area is 341 Å². The third-order valence-electron chi connectivity index (χ3n) is 11.4. The number of benzene rings is 3. The van der Waals surface area contributed by atoms with Crippen LogP contribution in [0.1, 0.15) is 87.5 Å². The summed E-state index contributed by atoms with van der Waals surface area (Å²) in [6.07, 6.45) is -1.04. The zero-order chi connectivity index (χ0) is 41.8. The normalized spacial score (nSPS) is 18.0. The average molecular weight is 811 g/mol. The van der Waals surface area contributed by atoms with Crippen molar-refractivity contribution in [3.05, 3.63) is 108 Å². The molecule has 0 saturated carbocycles. The highest BCUT2D eigenvalue weighted by Crippen LogP contribution is 2.40. The van der Waals surface area contributed by atoms with Crippen LogP contribution in [0.3, 0.4) is 0 Å². The molecule has 2 aliphatic heterocycles. The molecule has 2 aromatic heterocycles. The number of aromatic amines is 2. The maximum Gasteiger partial charge on any atom is 0.433 e. The van der Waals surface area contributed by atoms with Gasteiger partial charge in [0.05, 0.1) is 31.1 Å². The van der Waals surface area contributed by atoms with Crippen LogP contribution >= 0.6 is 0 Å². The predicted octanol–water partition coefficient (Wildman–Crippen LogP) is 8.31. The number of nitrogens with one attached hydrogen (secondary N) is 3. The van der Waals surface area contributed by atoms with E-state index in [0.29, 0.717) is 25.9 Å². The fourth-order valence-corrected chi connectivity index (χ4v) is 8.35. The molecule has 0 radical (unpaired) electrons. The number of methoxy groups -OCH3 is 1. The second kappa shape index (κ2) is 17.5. The van der Waals surface area contributed by atoms with Gasteiger partial charge < -0.3 is 29.8 Å². The Morgan fingerprint density at radius 1 is 0.814 bits per heavy atom. The summed E-state index contributed by atoms with van der Waals surface area (Å²) in [4.78, 5) is 59.8. The molecule has 3 N–H and O–H groups in total. The maximum absolute atomic E-state index is 14.4. The topological polar surface area (TPSA) is 140 Å². The first-order valence-electron chi connectivity index (χ1n) is 20.1. The number of likely N-dealkylation sites (N-methyl/N-ethyl adjacent to an activating group) is 1. The Morgan fingerprint density at radius 2 is 1.37 bits per heavy atom. The number of carbonyl (C=O) groups excluding carboxylic acids is 3. The van der Waals surface area contributed by atoms with Crippen LogP contribution in [0.2, 0.25) is 0 Å². The standard InChI is InChI=1S/C44H49F3N8O4/c1-5-53(6-2)37(32-12-8-7-9-13-32)42(57)55-25-10-14-34(55)39-48-26-33(50-39)30-20-16-28(17-21-30)29-18-22-31(23-19-29)36-38(44(45,46)47)52-40(51-36)35-15-11-24-54(35)41(56)27(3)49-43(58)59-4/h7-9,12-13,16-23,26-27,34-35,37H,5-6,10-11,14-15,24-25H2,1-4H3,(H,48,50)(H,49,58)(H,51,52)/t27-,34-,35-,37+/m0/s1. The average Bonchev–Trinajstić information content (AvgIpc) is 4.09. The predicted molar refractivity (Wildman–Crippen MR) is 217 cm³/mol. The SMILES string of the molecule is CCN(CC)[C@@H](C(=O)N1CCC[C@H]1c1ncc(-c2ccc(-c3ccc(-c4nc([C@@H]5CCCN5C(=O)[C@H](C)NC(=O)OC)[nH]c4C(F)(F)F)cc3)cc2)[nH]1)c1ccccc1. The van der Waals surface area contributed by atoms with Gasteiger partial charge in [0.1, 0.15) is 35.1 Å². The number of halogens is 3. The molecule has 5 aromatic rings. The molecule has 0 spiro atoms. The van der Waals surface area contributed by atoms with Crippen LogP contribution < -0.4 is 5.32 Å². The summed E-state index contributed by atoms with van der Waals surface area (Å²) in [5, 5.41) is 2.42. The second-order valence-corrected chi connectivity index (χ2v) is 15.0. The fraction of sp³-hybridized carbons (Fsp3) is 0.386. The number of amides is 3. The highest BCUT2D eigenvalue weighted by molar-refractivity contribution is 5.86. The van der Waals surface area contributed by atoms with Crippen LogP contribution in [0, 0.1) is 0 Å². The van der Waals surface area contributed by atoms with E-state index >= 15 is 0 Å². The van der Waals surface area contributed by atoms with E-state index in [-0.39, 0.29) is 35.1 Å². The molecule has 4 heterocycles. The number of imidazole rings is 2. The number of H-pyrrole nitrogens is 2. The van der Waals surface area contributed by atoms with Crippen LogP contribution in [0.15, 0.2) is 85.1 Å². The number of aromatic nitrogens is 4. The molecule has 2 saturated heterocycles. The van der Waals surface area contributed by atoms with Gasteiger partial charge in [0.15, 0.2) is 0 Å². The van der Waals surface area contributed by atoms with E-state index in [4.69, 9.17) is 4.98 Å². The van der Waals surface area contributed by atoms with Gasteiger partial charge in [-0.25, -0.2) is 14.8 Å². The number of likely N-dealkylation sites (tertiary alicyclic amines) is 2. The Bertz CT molecular complexity index is 2240. The van der Waals surface area contributed by atoms with Crippen molar-refractivity contribution in [2.75, 3.05) is 33.3 Å². The number of hydrogen-bond donors (Lipinski definition) is 3. The Morgan fingerprint density at radius 3 is 1.95 bits per heavy atom. The summed E-state index contributed by atoms with van der Waals surface area (Å²) in [6, 6.07) is 22.3. The van der Waals surface area contributed by atoms with Crippen molar-refractivity contribution in [3.8, 4) is 33.6 Å². The van der Waals surface area contributed by atoms with Gasteiger partial charge in [-0.1, -0.05) is 92.7 Å². The van der Waals surface area contributed by atoms with Gasteiger partial charge in [-0.2, -0.15) is 13.2 Å². The Kier molecular flexibility index (Phi) is 12.2. The number of alkyl carbamates (subject to hydrolysis) is 1. The van der Waals surface area contributed by atoms with Crippen molar-refractivity contribution in [2.24, 2.45) is 0 Å². The third-order valence-corrected chi connectivity index (χ3v) is 11.4. The van der Waals surface area contributed by atoms with Crippen molar-refractivity contribution >= 4 is 17.9 Å². The van der Waals surface area contributed by atoms with E-state index in [0.717, 1.165) is 59.7 Å². The molecule has 15 heteroatoms. The third kappa shape index (κ3) is 8.61. The lowest BCUT2D eigenvalue weighted by Crippen LogP contribution is -2.46. The molecule has 4 atom stereocenters. The largest absolute Gasteiger partial charge is 0.453 e. The van der Waals surface area contributed by atoms with Crippen molar-refractivity contribution in [1.82, 2.24) is 40.0 Å². The summed E-state index contributed by atoms with van der Waals surface area (Å²) >= 11 is 0. The van der Waals surface area contributed by atoms with Crippen LogP contribution in [0.25, 0.3) is 33.6 Å².